The van der Waals surface area contributed by atoms with Crippen molar-refractivity contribution in [3.05, 3.63) is 16.7 Å². The zero-order valence-corrected chi connectivity index (χ0v) is 16.0. The van der Waals surface area contributed by atoms with E-state index in [0.717, 1.165) is 4.32 Å². The van der Waals surface area contributed by atoms with E-state index in [1.165, 1.54) is 64.2 Å². The van der Waals surface area contributed by atoms with Gasteiger partial charge < -0.3 is 5.11 Å². The van der Waals surface area contributed by atoms with Gasteiger partial charge >= 0.3 is 118 Å². The third-order valence-electron chi connectivity index (χ3n) is 4.71. The molecule has 2 saturated carbocycles. The Kier molecular flexibility index (Phi) is 7.18. The molecule has 1 N–H and O–H groups in total. The van der Waals surface area contributed by atoms with Crippen LogP contribution in [0.3, 0.4) is 0 Å². The maximum atomic E-state index is 8.52. The zero-order chi connectivity index (χ0) is 16.9. The molecule has 0 unspecified atom stereocenters. The summed E-state index contributed by atoms with van der Waals surface area (Å²) in [6, 6.07) is 1.34. The van der Waals surface area contributed by atoms with Gasteiger partial charge in [-0.2, -0.15) is 0 Å². The first kappa shape index (κ1) is 19.0. The van der Waals surface area contributed by atoms with Crippen LogP contribution in [0.5, 0.6) is 0 Å². The molecule has 1 heterocycles. The summed E-state index contributed by atoms with van der Waals surface area (Å²) < 4.78 is 5.79. The number of rotatable bonds is 2. The van der Waals surface area contributed by atoms with Gasteiger partial charge in [-0.1, -0.05) is 0 Å². The molecule has 4 heteroatoms. The van der Waals surface area contributed by atoms with Gasteiger partial charge in [0.2, 0.25) is 0 Å². The Morgan fingerprint density at radius 2 is 1.13 bits per heavy atom. The second kappa shape index (κ2) is 8.69. The van der Waals surface area contributed by atoms with E-state index < -0.39 is 5.60 Å². The van der Waals surface area contributed by atoms with Crippen molar-refractivity contribution in [1.29, 1.82) is 0 Å². The molecule has 0 bridgehead atoms. The summed E-state index contributed by atoms with van der Waals surface area (Å²) in [5.74, 6) is 0. The normalized spacial score (nSPS) is 21.0. The van der Waals surface area contributed by atoms with Crippen LogP contribution in [0.1, 0.15) is 97.1 Å². The predicted octanol–water partition coefficient (Wildman–Crippen LogP) is 5.16. The Labute approximate surface area is 149 Å². The minimum absolute atomic E-state index is 0.500. The number of nitrogens with zero attached hydrogens (tertiary/aromatic N) is 2. The van der Waals surface area contributed by atoms with Gasteiger partial charge in [0.15, 0.2) is 0 Å². The van der Waals surface area contributed by atoms with Gasteiger partial charge in [0.05, 0.1) is 5.60 Å². The van der Waals surface area contributed by atoms with Crippen LogP contribution in [-0.4, -0.2) is 19.8 Å². The van der Waals surface area contributed by atoms with Gasteiger partial charge in [-0.3, -0.25) is 0 Å². The molecule has 0 radical (unpaired) electrons. The number of aliphatic hydroxyl groups is 1. The number of hydrogen-bond acceptors (Lipinski definition) is 1. The first-order chi connectivity index (χ1) is 10.9. The average molecular weight is 370 g/mol. The summed E-state index contributed by atoms with van der Waals surface area (Å²) in [6.45, 7) is 5.23. The molecule has 3 rings (SSSR count). The Morgan fingerprint density at radius 1 is 0.826 bits per heavy atom. The summed E-state index contributed by atoms with van der Waals surface area (Å²) in [7, 11) is 0. The van der Waals surface area contributed by atoms with Crippen molar-refractivity contribution in [2.45, 2.75) is 103 Å². The molecule has 0 atom stereocenters. The molecule has 23 heavy (non-hydrogen) atoms. The molecule has 0 saturated heterocycles. The summed E-state index contributed by atoms with van der Waals surface area (Å²) in [5, 5.41) is 8.52. The molecular weight excluding hydrogens is 336 g/mol. The standard InChI is InChI=1S/C15H24N2.C4H10O.Cu/c1-3-7-14(8-4-1)16-11-12-17(13-16)15-9-5-2-6-10-15;1-4(2,3)5;/h11-12,14-15H,1-10H2;5H,1-3H3;. The van der Waals surface area contributed by atoms with Crippen LogP contribution in [0.15, 0.2) is 12.4 Å². The fourth-order valence-corrected chi connectivity index (χ4v) is 4.11. The van der Waals surface area contributed by atoms with E-state index in [-0.39, 0.29) is 0 Å². The molecule has 0 aromatic carbocycles. The van der Waals surface area contributed by atoms with Crippen molar-refractivity contribution in [2.75, 3.05) is 0 Å². The maximum absolute atomic E-state index is 8.52. The van der Waals surface area contributed by atoms with E-state index in [4.69, 9.17) is 20.7 Å². The fraction of sp³-hybridized carbons (Fsp3) is 0.842. The van der Waals surface area contributed by atoms with Crippen molar-refractivity contribution in [3.8, 4) is 0 Å². The van der Waals surface area contributed by atoms with Gasteiger partial charge in [0.1, 0.15) is 0 Å². The Hall–Kier alpha value is -0.311. The summed E-state index contributed by atoms with van der Waals surface area (Å²) in [4.78, 5) is 0. The first-order valence-corrected chi connectivity index (χ1v) is 9.79. The van der Waals surface area contributed by atoms with Crippen LogP contribution >= 0.6 is 0 Å². The third kappa shape index (κ3) is 6.25. The second-order valence-electron chi connectivity index (χ2n) is 8.10. The van der Waals surface area contributed by atoms with Gasteiger partial charge in [0.25, 0.3) is 0 Å². The van der Waals surface area contributed by atoms with Gasteiger partial charge in [-0.15, -0.1) is 0 Å². The van der Waals surface area contributed by atoms with Crippen molar-refractivity contribution >= 4 is 0 Å². The zero-order valence-electron chi connectivity index (χ0n) is 15.0. The van der Waals surface area contributed by atoms with E-state index in [9.17, 15) is 0 Å². The Bertz CT molecular complexity index is 470. The topological polar surface area (TPSA) is 30.1 Å². The van der Waals surface area contributed by atoms with Gasteiger partial charge in [-0.05, 0) is 20.8 Å². The van der Waals surface area contributed by atoms with Gasteiger partial charge in [0, 0.05) is 0 Å². The molecule has 2 aliphatic carbocycles. The molecule has 1 aromatic rings. The van der Waals surface area contributed by atoms with E-state index in [1.807, 2.05) is 0 Å². The molecule has 0 aliphatic heterocycles. The van der Waals surface area contributed by atoms with E-state index in [1.54, 1.807) is 20.8 Å². The SMILES string of the molecule is CC(C)(C)O.[Cu]=[c]1n(C2CCCCC2)ccn1C1CCCCC1. The molecule has 0 spiro atoms. The summed E-state index contributed by atoms with van der Waals surface area (Å²) in [6.07, 6.45) is 18.1. The fourth-order valence-electron chi connectivity index (χ4n) is 3.62. The van der Waals surface area contributed by atoms with Crippen LogP contribution in [0, 0.1) is 4.32 Å². The second-order valence-corrected chi connectivity index (χ2v) is 8.52. The monoisotopic (exact) mass is 369 g/mol. The van der Waals surface area contributed by atoms with Crippen molar-refractivity contribution in [3.63, 3.8) is 0 Å². The summed E-state index contributed by atoms with van der Waals surface area (Å²) >= 11 is 5.88. The Morgan fingerprint density at radius 3 is 1.43 bits per heavy atom. The average Bonchev–Trinajstić information content (AvgIpc) is 2.89. The van der Waals surface area contributed by atoms with E-state index in [0.29, 0.717) is 12.1 Å². The number of aromatic nitrogens is 2. The van der Waals surface area contributed by atoms with Crippen LogP contribution in [-0.2, 0) is 15.6 Å². The van der Waals surface area contributed by atoms with Crippen LogP contribution in [0.4, 0.5) is 0 Å². The van der Waals surface area contributed by atoms with E-state index >= 15 is 0 Å². The first-order valence-electron chi connectivity index (χ1n) is 9.32. The number of imidazole rings is 1. The van der Waals surface area contributed by atoms with Crippen molar-refractivity contribution in [2.24, 2.45) is 0 Å². The van der Waals surface area contributed by atoms with Crippen molar-refractivity contribution < 1.29 is 20.7 Å². The number of hydrogen-bond donors (Lipinski definition) is 1. The third-order valence-corrected chi connectivity index (χ3v) is 5.20. The van der Waals surface area contributed by atoms with Crippen LogP contribution in [0.25, 0.3) is 0 Å². The van der Waals surface area contributed by atoms with Crippen molar-refractivity contribution in [1.82, 2.24) is 9.13 Å². The summed E-state index contributed by atoms with van der Waals surface area (Å²) in [5.41, 5.74) is -0.500. The molecule has 1 aromatic heterocycles. The Balaban J connectivity index is 0.000000338. The minimum atomic E-state index is -0.500. The van der Waals surface area contributed by atoms with E-state index in [2.05, 4.69) is 21.5 Å². The molecule has 3 nitrogen and oxygen atoms in total. The van der Waals surface area contributed by atoms with Crippen LogP contribution < -0.4 is 0 Å². The predicted molar refractivity (Wildman–Crippen MR) is 91.9 cm³/mol. The van der Waals surface area contributed by atoms with Gasteiger partial charge in [-0.25, -0.2) is 0 Å². The molecule has 137 valence electrons. The molecular formula is C19H34CuN2O. The molecule has 0 amide bonds. The quantitative estimate of drug-likeness (QED) is 0.717. The molecule has 2 fully saturated rings. The molecule has 2 aliphatic rings. The van der Waals surface area contributed by atoms with Crippen LogP contribution in [0.2, 0.25) is 0 Å².